The standard InChI is InChI=1S/C12H16FN3O2/c1-3-8-9(13)10(15-6-14-8)16-12(2,11(17)18)7-4-5-7/h6-7H,3-5H2,1-2H3,(H,17,18)(H,14,15,16). The molecular weight excluding hydrogens is 237 g/mol. The lowest BCUT2D eigenvalue weighted by atomic mass is 9.96. The first-order valence-electron chi connectivity index (χ1n) is 6.00. The summed E-state index contributed by atoms with van der Waals surface area (Å²) in [6, 6.07) is 0. The number of anilines is 1. The largest absolute Gasteiger partial charge is 0.480 e. The van der Waals surface area contributed by atoms with E-state index in [-0.39, 0.29) is 17.4 Å². The normalized spacial score (nSPS) is 18.2. The van der Waals surface area contributed by atoms with Gasteiger partial charge in [0.15, 0.2) is 11.6 Å². The van der Waals surface area contributed by atoms with Gasteiger partial charge in [-0.1, -0.05) is 6.92 Å². The van der Waals surface area contributed by atoms with Crippen molar-refractivity contribution < 1.29 is 14.3 Å². The lowest BCUT2D eigenvalue weighted by Crippen LogP contribution is -2.46. The Balaban J connectivity index is 2.30. The molecule has 1 heterocycles. The molecule has 18 heavy (non-hydrogen) atoms. The van der Waals surface area contributed by atoms with Gasteiger partial charge >= 0.3 is 5.97 Å². The second kappa shape index (κ2) is 4.51. The van der Waals surface area contributed by atoms with E-state index in [1.165, 1.54) is 6.33 Å². The van der Waals surface area contributed by atoms with Crippen LogP contribution in [0.15, 0.2) is 6.33 Å². The van der Waals surface area contributed by atoms with Gasteiger partial charge in [-0.05, 0) is 32.1 Å². The quantitative estimate of drug-likeness (QED) is 0.837. The minimum Gasteiger partial charge on any atom is -0.480 e. The molecule has 6 heteroatoms. The SMILES string of the molecule is CCc1ncnc(NC(C)(C(=O)O)C2CC2)c1F. The maximum atomic E-state index is 14.0. The number of rotatable bonds is 5. The molecule has 0 aromatic carbocycles. The number of hydrogen-bond donors (Lipinski definition) is 2. The van der Waals surface area contributed by atoms with Crippen molar-refractivity contribution in [3.63, 3.8) is 0 Å². The van der Waals surface area contributed by atoms with Crippen LogP contribution in [0.1, 0.15) is 32.4 Å². The molecule has 2 rings (SSSR count). The van der Waals surface area contributed by atoms with Crippen LogP contribution >= 0.6 is 0 Å². The molecule has 0 saturated heterocycles. The minimum atomic E-state index is -1.17. The number of aryl methyl sites for hydroxylation is 1. The van der Waals surface area contributed by atoms with E-state index in [9.17, 15) is 14.3 Å². The molecule has 1 saturated carbocycles. The maximum absolute atomic E-state index is 14.0. The van der Waals surface area contributed by atoms with Gasteiger partial charge in [-0.25, -0.2) is 19.2 Å². The number of carbonyl (C=O) groups is 1. The first-order chi connectivity index (χ1) is 8.49. The number of aliphatic carboxylic acids is 1. The smallest absolute Gasteiger partial charge is 0.329 e. The van der Waals surface area contributed by atoms with Gasteiger partial charge in [0.25, 0.3) is 0 Å². The Morgan fingerprint density at radius 1 is 1.61 bits per heavy atom. The van der Waals surface area contributed by atoms with Gasteiger partial charge in [0.2, 0.25) is 0 Å². The molecular formula is C12H16FN3O2. The van der Waals surface area contributed by atoms with Crippen LogP contribution in [0.4, 0.5) is 10.2 Å². The number of aromatic nitrogens is 2. The third-order valence-corrected chi connectivity index (χ3v) is 3.41. The van der Waals surface area contributed by atoms with Crippen LogP contribution in [0.25, 0.3) is 0 Å². The van der Waals surface area contributed by atoms with Crippen molar-refractivity contribution >= 4 is 11.8 Å². The van der Waals surface area contributed by atoms with Gasteiger partial charge in [0.1, 0.15) is 11.9 Å². The molecule has 1 aromatic heterocycles. The highest BCUT2D eigenvalue weighted by molar-refractivity contribution is 5.83. The van der Waals surface area contributed by atoms with Gasteiger partial charge < -0.3 is 10.4 Å². The summed E-state index contributed by atoms with van der Waals surface area (Å²) < 4.78 is 14.0. The van der Waals surface area contributed by atoms with Crippen molar-refractivity contribution in [3.8, 4) is 0 Å². The van der Waals surface area contributed by atoms with E-state index in [1.807, 2.05) is 0 Å². The summed E-state index contributed by atoms with van der Waals surface area (Å²) >= 11 is 0. The molecule has 0 spiro atoms. The third-order valence-electron chi connectivity index (χ3n) is 3.41. The van der Waals surface area contributed by atoms with Crippen LogP contribution in [0, 0.1) is 11.7 Å². The Bertz CT molecular complexity index is 476. The number of halogens is 1. The number of carboxylic acids is 1. The fourth-order valence-corrected chi connectivity index (χ4v) is 1.98. The summed E-state index contributed by atoms with van der Waals surface area (Å²) in [5.41, 5.74) is -0.878. The number of hydrogen-bond acceptors (Lipinski definition) is 4. The van der Waals surface area contributed by atoms with E-state index in [1.54, 1.807) is 13.8 Å². The lowest BCUT2D eigenvalue weighted by Gasteiger charge is -2.27. The second-order valence-electron chi connectivity index (χ2n) is 4.74. The highest BCUT2D eigenvalue weighted by Gasteiger charge is 2.48. The van der Waals surface area contributed by atoms with Crippen LogP contribution < -0.4 is 5.32 Å². The summed E-state index contributed by atoms with van der Waals surface area (Å²) in [7, 11) is 0. The van der Waals surface area contributed by atoms with Crippen molar-refractivity contribution in [1.29, 1.82) is 0 Å². The van der Waals surface area contributed by atoms with Gasteiger partial charge in [-0.2, -0.15) is 0 Å². The topological polar surface area (TPSA) is 75.1 Å². The zero-order valence-electron chi connectivity index (χ0n) is 10.4. The van der Waals surface area contributed by atoms with Crippen LogP contribution in [-0.4, -0.2) is 26.6 Å². The Morgan fingerprint density at radius 2 is 2.28 bits per heavy atom. The van der Waals surface area contributed by atoms with Gasteiger partial charge in [-0.15, -0.1) is 0 Å². The van der Waals surface area contributed by atoms with Gasteiger partial charge in [-0.3, -0.25) is 0 Å². The molecule has 0 amide bonds. The fraction of sp³-hybridized carbons (Fsp3) is 0.583. The van der Waals surface area contributed by atoms with Gasteiger partial charge in [0.05, 0.1) is 5.69 Å². The molecule has 0 radical (unpaired) electrons. The Hall–Kier alpha value is -1.72. The van der Waals surface area contributed by atoms with Crippen LogP contribution in [0.2, 0.25) is 0 Å². The first-order valence-corrected chi connectivity index (χ1v) is 6.00. The molecule has 1 aliphatic rings. The van der Waals surface area contributed by atoms with Crippen LogP contribution in [0.5, 0.6) is 0 Å². The van der Waals surface area contributed by atoms with E-state index in [0.29, 0.717) is 6.42 Å². The predicted octanol–water partition coefficient (Wildman–Crippen LogP) is 1.84. The van der Waals surface area contributed by atoms with E-state index >= 15 is 0 Å². The zero-order chi connectivity index (χ0) is 13.3. The second-order valence-corrected chi connectivity index (χ2v) is 4.74. The fourth-order valence-electron chi connectivity index (χ4n) is 1.98. The summed E-state index contributed by atoms with van der Waals surface area (Å²) in [6.07, 6.45) is 3.36. The third kappa shape index (κ3) is 2.14. The van der Waals surface area contributed by atoms with Gasteiger partial charge in [0, 0.05) is 0 Å². The minimum absolute atomic E-state index is 0.0226. The highest BCUT2D eigenvalue weighted by atomic mass is 19.1. The number of nitrogens with one attached hydrogen (secondary N) is 1. The lowest BCUT2D eigenvalue weighted by molar-refractivity contribution is -0.142. The molecule has 5 nitrogen and oxygen atoms in total. The average molecular weight is 253 g/mol. The molecule has 1 aromatic rings. The average Bonchev–Trinajstić information content (AvgIpc) is 3.15. The zero-order valence-corrected chi connectivity index (χ0v) is 10.4. The number of nitrogens with zero attached hydrogens (tertiary/aromatic N) is 2. The van der Waals surface area contributed by atoms with Crippen molar-refractivity contribution in [1.82, 2.24) is 9.97 Å². The summed E-state index contributed by atoms with van der Waals surface area (Å²) in [5.74, 6) is -1.55. The van der Waals surface area contributed by atoms with Crippen molar-refractivity contribution in [2.45, 2.75) is 38.6 Å². The Morgan fingerprint density at radius 3 is 2.78 bits per heavy atom. The van der Waals surface area contributed by atoms with E-state index in [0.717, 1.165) is 12.8 Å². The summed E-state index contributed by atoms with van der Waals surface area (Å²) in [6.45, 7) is 3.35. The molecule has 0 aliphatic heterocycles. The molecule has 1 atom stereocenters. The Kier molecular flexibility index (Phi) is 3.19. The molecule has 1 unspecified atom stereocenters. The summed E-state index contributed by atoms with van der Waals surface area (Å²) in [4.78, 5) is 19.0. The van der Waals surface area contributed by atoms with E-state index in [2.05, 4.69) is 15.3 Å². The molecule has 1 fully saturated rings. The van der Waals surface area contributed by atoms with Crippen molar-refractivity contribution in [2.24, 2.45) is 5.92 Å². The molecule has 98 valence electrons. The van der Waals surface area contributed by atoms with Crippen molar-refractivity contribution in [3.05, 3.63) is 17.8 Å². The van der Waals surface area contributed by atoms with Crippen LogP contribution in [0.3, 0.4) is 0 Å². The summed E-state index contributed by atoms with van der Waals surface area (Å²) in [5, 5.41) is 12.0. The Labute approximate surface area is 104 Å². The molecule has 2 N–H and O–H groups in total. The monoisotopic (exact) mass is 253 g/mol. The van der Waals surface area contributed by atoms with Crippen molar-refractivity contribution in [2.75, 3.05) is 5.32 Å². The molecule has 0 bridgehead atoms. The van der Waals surface area contributed by atoms with E-state index < -0.39 is 17.3 Å². The van der Waals surface area contributed by atoms with E-state index in [4.69, 9.17) is 0 Å². The maximum Gasteiger partial charge on any atom is 0.329 e. The molecule has 1 aliphatic carbocycles. The first kappa shape index (κ1) is 12.7. The highest BCUT2D eigenvalue weighted by Crippen LogP contribution is 2.41. The number of carboxylic acid groups (broad SMARTS) is 1. The van der Waals surface area contributed by atoms with Crippen LogP contribution in [-0.2, 0) is 11.2 Å². The predicted molar refractivity (Wildman–Crippen MR) is 63.8 cm³/mol.